The molecule has 0 bridgehead atoms. The first-order valence-electron chi connectivity index (χ1n) is 35.4. The lowest BCUT2D eigenvalue weighted by Gasteiger charge is -2.53. The number of nitrogens with zero attached hydrogens (tertiary/aromatic N) is 4. The molecule has 0 radical (unpaired) electrons. The van der Waals surface area contributed by atoms with Gasteiger partial charge >= 0.3 is 0 Å². The van der Waals surface area contributed by atoms with Crippen LogP contribution in [0.25, 0.3) is 77.2 Å². The van der Waals surface area contributed by atoms with Crippen LogP contribution in [0.5, 0.6) is 0 Å². The molecule has 0 saturated carbocycles. The molecule has 0 spiro atoms. The van der Waals surface area contributed by atoms with Crippen molar-refractivity contribution in [1.82, 2.24) is 9.13 Å². The molecule has 4 unspecified atom stereocenters. The molecule has 4 nitrogen and oxygen atoms in total. The summed E-state index contributed by atoms with van der Waals surface area (Å²) < 4.78 is 5.10. The van der Waals surface area contributed by atoms with Gasteiger partial charge in [-0.05, 0) is 196 Å². The van der Waals surface area contributed by atoms with Crippen LogP contribution >= 0.6 is 0 Å². The normalized spacial score (nSPS) is 18.9. The number of hydrogen-bond acceptors (Lipinski definition) is 2. The zero-order valence-corrected chi connectivity index (χ0v) is 56.9. The molecule has 0 fully saturated rings. The van der Waals surface area contributed by atoms with Crippen LogP contribution in [0.4, 0.5) is 28.4 Å². The number of anilines is 5. The maximum atomic E-state index is 3.02. The molecular weight excluding hydrogens is 1150 g/mol. The van der Waals surface area contributed by atoms with Crippen LogP contribution in [-0.4, -0.2) is 21.9 Å². The monoisotopic (exact) mass is 1230 g/mol. The second kappa shape index (κ2) is 22.7. The van der Waals surface area contributed by atoms with Crippen molar-refractivity contribution in [2.24, 2.45) is 23.2 Å². The van der Waals surface area contributed by atoms with E-state index >= 15 is 0 Å². The second-order valence-electron chi connectivity index (χ2n) is 31.4. The molecule has 10 aromatic carbocycles. The highest BCUT2D eigenvalue weighted by Crippen LogP contribution is 2.56. The maximum absolute atomic E-state index is 3.02. The average Bonchev–Trinajstić information content (AvgIpc) is 1.11. The predicted molar refractivity (Wildman–Crippen MR) is 407 cm³/mol. The van der Waals surface area contributed by atoms with Gasteiger partial charge in [-0.3, -0.25) is 0 Å². The molecule has 2 aliphatic heterocycles. The second-order valence-corrected chi connectivity index (χ2v) is 31.4. The van der Waals surface area contributed by atoms with Gasteiger partial charge < -0.3 is 18.9 Å². The Labute approximate surface area is 563 Å². The fourth-order valence-electron chi connectivity index (χ4n) is 17.6. The minimum atomic E-state index is -0.239. The molecule has 5 aliphatic rings. The lowest BCUT2D eigenvalue weighted by Crippen LogP contribution is -2.64. The SMILES string of the molecule is CC(C)(C)c1cc(-c2ccccc2)c(N2c3cc(-n4c5ccccc5c5ccccc54)ccc3B3c4ccc(-n5c6ccccc6c6ccccc65)cc4N(C4C(C5CC=CCC5)=CC(C(C)(C)C)CC4C4=CCCCC4)c4cc(C(C)(C)C)cc2c43)c(-c2ccccc2)c1. The third-order valence-electron chi connectivity index (χ3n) is 22.5. The van der Waals surface area contributed by atoms with Crippen molar-refractivity contribution >= 4 is 95.1 Å². The Hall–Kier alpha value is -9.32. The number of rotatable bonds is 8. The number of para-hydroxylation sites is 4. The Bertz CT molecular complexity index is 4960. The van der Waals surface area contributed by atoms with E-state index in [1.54, 1.807) is 11.1 Å². The Morgan fingerprint density at radius 2 is 0.947 bits per heavy atom. The van der Waals surface area contributed by atoms with E-state index in [2.05, 4.69) is 324 Å². The summed E-state index contributed by atoms with van der Waals surface area (Å²) in [5, 5.41) is 5.08. The van der Waals surface area contributed by atoms with E-state index in [9.17, 15) is 0 Å². The molecule has 17 rings (SSSR count). The number of allylic oxidation sites excluding steroid dienone is 4. The van der Waals surface area contributed by atoms with Crippen LogP contribution in [0.1, 0.15) is 125 Å². The number of hydrogen-bond donors (Lipinski definition) is 0. The smallest absolute Gasteiger partial charge is 0.252 e. The van der Waals surface area contributed by atoms with Crippen LogP contribution in [0, 0.1) is 23.2 Å². The largest absolute Gasteiger partial charge is 0.334 e. The lowest BCUT2D eigenvalue weighted by molar-refractivity contribution is 0.220. The van der Waals surface area contributed by atoms with Crippen LogP contribution in [0.15, 0.2) is 254 Å². The summed E-state index contributed by atoms with van der Waals surface area (Å²) in [7, 11) is 0. The Kier molecular flexibility index (Phi) is 14.2. The first kappa shape index (κ1) is 59.4. The number of aromatic nitrogens is 2. The van der Waals surface area contributed by atoms with Crippen LogP contribution in [0.3, 0.4) is 0 Å². The molecule has 95 heavy (non-hydrogen) atoms. The molecule has 0 amide bonds. The molecule has 470 valence electrons. The summed E-state index contributed by atoms with van der Waals surface area (Å²) in [6, 6.07) is 84.7. The number of benzene rings is 10. The van der Waals surface area contributed by atoms with Crippen molar-refractivity contribution < 1.29 is 0 Å². The molecule has 4 heterocycles. The summed E-state index contributed by atoms with van der Waals surface area (Å²) in [5.41, 5.74) is 28.1. The molecule has 2 aromatic heterocycles. The van der Waals surface area contributed by atoms with Gasteiger partial charge in [-0.1, -0.05) is 238 Å². The van der Waals surface area contributed by atoms with Crippen molar-refractivity contribution in [3.05, 3.63) is 265 Å². The van der Waals surface area contributed by atoms with E-state index < -0.39 is 0 Å². The summed E-state index contributed by atoms with van der Waals surface area (Å²) in [6.07, 6.45) is 19.8. The van der Waals surface area contributed by atoms with E-state index in [4.69, 9.17) is 0 Å². The number of fused-ring (bicyclic) bond motifs is 10. The van der Waals surface area contributed by atoms with E-state index in [0.717, 1.165) is 44.2 Å². The third-order valence-corrected chi connectivity index (χ3v) is 22.5. The van der Waals surface area contributed by atoms with Crippen LogP contribution in [0.2, 0.25) is 0 Å². The standard InChI is InChI=1S/C90H87BN4/c1-88(2,3)62-50-71(58-30-14-10-15-31-58)86(72(51-62)59-32-16-11-17-33-59)94-81-56-65(92-77-42-26-22-38-67(77)68-39-23-27-43-78(68)92)46-48-75(81)91-76-49-47-66(93-79-44-28-24-40-69(79)70-41-25-29-45-80(70)93)57-82(76)95(84-55-64(90(7,8)9)54-83(94)85(84)91)87-73(60-34-18-12-19-35-60)52-63(89(4,5)6)53-74(87)61-36-20-13-21-37-61/h10-12,14-18,22-33,36,38-52,54-57,60,63,74,87H,13,19-21,34-35,37,53H2,1-9H3. The molecule has 12 aromatic rings. The Morgan fingerprint density at radius 1 is 0.453 bits per heavy atom. The summed E-state index contributed by atoms with van der Waals surface area (Å²) in [4.78, 5) is 5.82. The summed E-state index contributed by atoms with van der Waals surface area (Å²) >= 11 is 0. The molecule has 0 N–H and O–H groups in total. The highest BCUT2D eigenvalue weighted by atomic mass is 15.2. The fraction of sp³-hybridized carbons (Fsp3) is 0.267. The first-order chi connectivity index (χ1) is 46.1. The highest BCUT2D eigenvalue weighted by molar-refractivity contribution is 7.00. The van der Waals surface area contributed by atoms with Gasteiger partial charge in [0.25, 0.3) is 6.71 Å². The maximum Gasteiger partial charge on any atom is 0.252 e. The minimum absolute atomic E-state index is 0.0697. The quantitative estimate of drug-likeness (QED) is 0.111. The first-order valence-corrected chi connectivity index (χ1v) is 35.4. The zero-order chi connectivity index (χ0) is 64.6. The van der Waals surface area contributed by atoms with Gasteiger partial charge in [0.2, 0.25) is 0 Å². The molecule has 0 saturated heterocycles. The van der Waals surface area contributed by atoms with E-state index in [1.165, 1.54) is 140 Å². The zero-order valence-electron chi connectivity index (χ0n) is 56.9. The van der Waals surface area contributed by atoms with Gasteiger partial charge in [0.05, 0.1) is 33.8 Å². The van der Waals surface area contributed by atoms with Gasteiger partial charge in [0.15, 0.2) is 0 Å². The summed E-state index contributed by atoms with van der Waals surface area (Å²) in [6.45, 7) is 21.9. The van der Waals surface area contributed by atoms with Gasteiger partial charge in [0.1, 0.15) is 0 Å². The van der Waals surface area contributed by atoms with Crippen molar-refractivity contribution in [3.63, 3.8) is 0 Å². The third kappa shape index (κ3) is 9.83. The molecule has 4 atom stereocenters. The predicted octanol–water partition coefficient (Wildman–Crippen LogP) is 22.4. The van der Waals surface area contributed by atoms with Gasteiger partial charge in [-0.25, -0.2) is 0 Å². The van der Waals surface area contributed by atoms with E-state index in [-0.39, 0.29) is 29.0 Å². The van der Waals surface area contributed by atoms with Gasteiger partial charge in [-0.15, -0.1) is 0 Å². The van der Waals surface area contributed by atoms with Crippen LogP contribution in [-0.2, 0) is 10.8 Å². The van der Waals surface area contributed by atoms with Crippen molar-refractivity contribution in [2.75, 3.05) is 9.80 Å². The molecule has 5 heteroatoms. The van der Waals surface area contributed by atoms with E-state index in [1.807, 2.05) is 0 Å². The van der Waals surface area contributed by atoms with Gasteiger partial charge in [0, 0.05) is 72.7 Å². The highest BCUT2D eigenvalue weighted by Gasteiger charge is 2.51. The molecular formula is C90H87BN4. The topological polar surface area (TPSA) is 16.3 Å². The van der Waals surface area contributed by atoms with Crippen LogP contribution < -0.4 is 26.2 Å². The Balaban J connectivity index is 1.04. The van der Waals surface area contributed by atoms with Crippen molar-refractivity contribution in [2.45, 2.75) is 131 Å². The lowest BCUT2D eigenvalue weighted by atomic mass is 9.33. The van der Waals surface area contributed by atoms with E-state index in [0.29, 0.717) is 17.8 Å². The van der Waals surface area contributed by atoms with Crippen molar-refractivity contribution in [3.8, 4) is 33.6 Å². The molecule has 3 aliphatic carbocycles. The Morgan fingerprint density at radius 3 is 1.44 bits per heavy atom. The van der Waals surface area contributed by atoms with Crippen molar-refractivity contribution in [1.29, 1.82) is 0 Å². The van der Waals surface area contributed by atoms with Gasteiger partial charge in [-0.2, -0.15) is 0 Å². The summed E-state index contributed by atoms with van der Waals surface area (Å²) in [5.74, 6) is 1.16. The fourth-order valence-corrected chi connectivity index (χ4v) is 17.6. The minimum Gasteiger partial charge on any atom is -0.334 e. The average molecular weight is 1240 g/mol.